The fraction of sp³-hybridized carbons (Fsp3) is 0.455. The molecule has 3 rings (SSSR count). The van der Waals surface area contributed by atoms with Gasteiger partial charge in [0.2, 0.25) is 5.91 Å². The first-order valence-corrected chi connectivity index (χ1v) is 8.07. The molecule has 0 radical (unpaired) electrons. The minimum atomic E-state index is -1.08. The van der Waals surface area contributed by atoms with Crippen molar-refractivity contribution < 1.29 is 14.7 Å². The van der Waals surface area contributed by atoms with Crippen LogP contribution in [0.4, 0.5) is 0 Å². The number of aliphatic carboxylic acids is 1. The highest BCUT2D eigenvalue weighted by Crippen LogP contribution is 2.44. The highest BCUT2D eigenvalue weighted by Gasteiger charge is 2.54. The molecule has 0 bridgehead atoms. The third kappa shape index (κ3) is 2.54. The van der Waals surface area contributed by atoms with Crippen LogP contribution >= 0.6 is 23.7 Å². The molecular formula is C11H13N5O3S2. The first-order chi connectivity index (χ1) is 10.1. The van der Waals surface area contributed by atoms with Gasteiger partial charge in [0.25, 0.3) is 0 Å². The normalized spacial score (nSPS) is 28.8. The van der Waals surface area contributed by atoms with Gasteiger partial charge in [-0.1, -0.05) is 0 Å². The molecule has 0 aliphatic carbocycles. The second kappa shape index (κ2) is 5.70. The van der Waals surface area contributed by atoms with E-state index in [0.29, 0.717) is 12.4 Å². The van der Waals surface area contributed by atoms with E-state index in [1.165, 1.54) is 34.9 Å². The summed E-state index contributed by atoms with van der Waals surface area (Å²) in [6, 6.07) is 0. The van der Waals surface area contributed by atoms with E-state index in [0.717, 1.165) is 0 Å². The Morgan fingerprint density at radius 2 is 2.43 bits per heavy atom. The average Bonchev–Trinajstić information content (AvgIpc) is 2.47. The number of hydrogen-bond acceptors (Lipinski definition) is 8. The van der Waals surface area contributed by atoms with Crippen LogP contribution in [0.25, 0.3) is 0 Å². The number of fused-ring (bicyclic) bond motifs is 1. The van der Waals surface area contributed by atoms with Crippen LogP contribution in [-0.2, 0) is 9.59 Å². The third-order valence-corrected chi connectivity index (χ3v) is 5.50. The van der Waals surface area contributed by atoms with Crippen LogP contribution in [0.2, 0.25) is 0 Å². The number of β-lactam (4-membered cyclic amide) rings is 1. The van der Waals surface area contributed by atoms with E-state index in [-0.39, 0.29) is 17.0 Å². The standard InChI is InChI=1S/C11H13N5O3S2/c12-8(21-15-4-13-3-14-5-15)7-9(17)16-6(11(18)19)1-2-20-10(7)16/h1,3-4,7-8,10H,2,5,12H2,(H,18,19)/t7?,8?,10-/m0/s1. The minimum absolute atomic E-state index is 0.0568. The highest BCUT2D eigenvalue weighted by atomic mass is 32.2. The van der Waals surface area contributed by atoms with Gasteiger partial charge in [-0.15, -0.1) is 11.8 Å². The number of rotatable bonds is 4. The van der Waals surface area contributed by atoms with Gasteiger partial charge in [0.1, 0.15) is 25.0 Å². The second-order valence-corrected chi connectivity index (χ2v) is 6.92. The SMILES string of the molecule is NC(SN1C=NC=NC1)C1C(=O)N2C(C(=O)O)=CCS[C@@H]12. The molecule has 1 saturated heterocycles. The first-order valence-electron chi connectivity index (χ1n) is 6.18. The molecule has 3 aliphatic heterocycles. The summed E-state index contributed by atoms with van der Waals surface area (Å²) in [5, 5.41) is 8.45. The average molecular weight is 327 g/mol. The number of nitrogens with zero attached hydrogens (tertiary/aromatic N) is 4. The van der Waals surface area contributed by atoms with Gasteiger partial charge < -0.3 is 10.8 Å². The summed E-state index contributed by atoms with van der Waals surface area (Å²) >= 11 is 2.82. The lowest BCUT2D eigenvalue weighted by molar-refractivity contribution is -0.152. The quantitative estimate of drug-likeness (QED) is 0.416. The molecular weight excluding hydrogens is 314 g/mol. The van der Waals surface area contributed by atoms with Crippen LogP contribution in [-0.4, -0.2) is 62.0 Å². The Hall–Kier alpha value is -1.52. The van der Waals surface area contributed by atoms with E-state index in [1.807, 2.05) is 0 Å². The molecule has 0 aromatic rings. The summed E-state index contributed by atoms with van der Waals surface area (Å²) in [7, 11) is 0. The van der Waals surface area contributed by atoms with Crippen molar-refractivity contribution in [1.29, 1.82) is 0 Å². The number of carbonyl (C=O) groups excluding carboxylic acids is 1. The number of thioether (sulfide) groups is 1. The Bertz CT molecular complexity index is 564. The van der Waals surface area contributed by atoms with Crippen molar-refractivity contribution in [2.45, 2.75) is 10.7 Å². The number of carbonyl (C=O) groups is 2. The summed E-state index contributed by atoms with van der Waals surface area (Å²) < 4.78 is 1.75. The van der Waals surface area contributed by atoms with E-state index in [2.05, 4.69) is 9.98 Å². The highest BCUT2D eigenvalue weighted by molar-refractivity contribution is 8.00. The number of carboxylic acids is 1. The van der Waals surface area contributed by atoms with E-state index in [9.17, 15) is 9.59 Å². The van der Waals surface area contributed by atoms with Crippen molar-refractivity contribution in [3.63, 3.8) is 0 Å². The van der Waals surface area contributed by atoms with Crippen LogP contribution < -0.4 is 5.73 Å². The molecule has 0 saturated carbocycles. The number of hydrogen-bond donors (Lipinski definition) is 2. The van der Waals surface area contributed by atoms with Crippen molar-refractivity contribution in [3.8, 4) is 0 Å². The molecule has 2 unspecified atom stereocenters. The number of amides is 1. The van der Waals surface area contributed by atoms with Gasteiger partial charge in [0.15, 0.2) is 0 Å². The van der Waals surface area contributed by atoms with E-state index >= 15 is 0 Å². The summed E-state index contributed by atoms with van der Waals surface area (Å²) in [6.07, 6.45) is 4.62. The van der Waals surface area contributed by atoms with Crippen molar-refractivity contribution in [2.75, 3.05) is 12.4 Å². The lowest BCUT2D eigenvalue weighted by atomic mass is 9.96. The molecule has 0 aromatic carbocycles. The van der Waals surface area contributed by atoms with E-state index < -0.39 is 17.3 Å². The van der Waals surface area contributed by atoms with Gasteiger partial charge >= 0.3 is 5.97 Å². The van der Waals surface area contributed by atoms with Gasteiger partial charge in [0.05, 0.1) is 16.7 Å². The predicted molar refractivity (Wildman–Crippen MR) is 81.6 cm³/mol. The third-order valence-electron chi connectivity index (χ3n) is 3.28. The molecule has 8 nitrogen and oxygen atoms in total. The van der Waals surface area contributed by atoms with Gasteiger partial charge in [0, 0.05) is 5.75 Å². The summed E-state index contributed by atoms with van der Waals surface area (Å²) in [6.45, 7) is 0.435. The number of carboxylic acid groups (broad SMARTS) is 1. The Labute approximate surface area is 129 Å². The lowest BCUT2D eigenvalue weighted by Crippen LogP contribution is -2.65. The fourth-order valence-corrected chi connectivity index (χ4v) is 4.69. The maximum atomic E-state index is 12.2. The first kappa shape index (κ1) is 14.4. The molecule has 3 heterocycles. The lowest BCUT2D eigenvalue weighted by Gasteiger charge is -2.50. The van der Waals surface area contributed by atoms with Crippen molar-refractivity contribution >= 4 is 48.3 Å². The van der Waals surface area contributed by atoms with Crippen LogP contribution in [0.15, 0.2) is 21.8 Å². The van der Waals surface area contributed by atoms with Gasteiger partial charge in [-0.25, -0.2) is 9.79 Å². The maximum Gasteiger partial charge on any atom is 0.352 e. The van der Waals surface area contributed by atoms with Gasteiger partial charge in [-0.05, 0) is 18.0 Å². The largest absolute Gasteiger partial charge is 0.477 e. The molecule has 21 heavy (non-hydrogen) atoms. The molecule has 3 atom stereocenters. The zero-order chi connectivity index (χ0) is 15.0. The minimum Gasteiger partial charge on any atom is -0.477 e. The van der Waals surface area contributed by atoms with Crippen LogP contribution in [0.1, 0.15) is 0 Å². The smallest absolute Gasteiger partial charge is 0.352 e. The molecule has 10 heteroatoms. The molecule has 3 aliphatic rings. The van der Waals surface area contributed by atoms with Crippen molar-refractivity contribution in [3.05, 3.63) is 11.8 Å². The Morgan fingerprint density at radius 1 is 1.62 bits per heavy atom. The summed E-state index contributed by atoms with van der Waals surface area (Å²) in [4.78, 5) is 32.6. The van der Waals surface area contributed by atoms with Crippen molar-refractivity contribution in [1.82, 2.24) is 9.21 Å². The number of aliphatic imine (C=N–C) groups is 2. The Balaban J connectivity index is 1.67. The molecule has 0 spiro atoms. The predicted octanol–water partition coefficient (Wildman–Crippen LogP) is -0.251. The van der Waals surface area contributed by atoms with Gasteiger partial charge in [-0.2, -0.15) is 0 Å². The summed E-state index contributed by atoms with van der Waals surface area (Å²) in [5.41, 5.74) is 6.17. The van der Waals surface area contributed by atoms with Crippen LogP contribution in [0.5, 0.6) is 0 Å². The summed E-state index contributed by atoms with van der Waals surface area (Å²) in [5.74, 6) is -1.15. The zero-order valence-electron chi connectivity index (χ0n) is 10.8. The zero-order valence-corrected chi connectivity index (χ0v) is 12.5. The topological polar surface area (TPSA) is 112 Å². The molecule has 1 fully saturated rings. The fourth-order valence-electron chi connectivity index (χ4n) is 2.32. The molecule has 0 aromatic heterocycles. The van der Waals surface area contributed by atoms with Gasteiger partial charge in [-0.3, -0.25) is 19.0 Å². The maximum absolute atomic E-state index is 12.2. The molecule has 112 valence electrons. The number of nitrogens with two attached hydrogens (primary N) is 1. The van der Waals surface area contributed by atoms with Crippen LogP contribution in [0.3, 0.4) is 0 Å². The monoisotopic (exact) mass is 327 g/mol. The molecule has 3 N–H and O–H groups in total. The van der Waals surface area contributed by atoms with E-state index in [1.54, 1.807) is 16.7 Å². The van der Waals surface area contributed by atoms with Crippen molar-refractivity contribution in [2.24, 2.45) is 21.6 Å². The van der Waals surface area contributed by atoms with E-state index in [4.69, 9.17) is 10.8 Å². The van der Waals surface area contributed by atoms with Crippen LogP contribution in [0, 0.1) is 5.92 Å². The Kier molecular flexibility index (Phi) is 3.91. The Morgan fingerprint density at radius 3 is 3.10 bits per heavy atom. The second-order valence-electron chi connectivity index (χ2n) is 4.54. The molecule has 1 amide bonds.